The van der Waals surface area contributed by atoms with Gasteiger partial charge in [-0.1, -0.05) is 42.1 Å². The van der Waals surface area contributed by atoms with Crippen molar-refractivity contribution in [1.82, 2.24) is 10.2 Å². The quantitative estimate of drug-likeness (QED) is 0.835. The van der Waals surface area contributed by atoms with E-state index >= 15 is 0 Å². The Bertz CT molecular complexity index is 608. The summed E-state index contributed by atoms with van der Waals surface area (Å²) in [5, 5.41) is 5.14. The predicted molar refractivity (Wildman–Crippen MR) is 93.4 cm³/mol. The molecule has 1 aromatic carbocycles. The minimum atomic E-state index is 0.0705. The summed E-state index contributed by atoms with van der Waals surface area (Å²) in [7, 11) is 0. The number of nitrogens with zero attached hydrogens (tertiary/aromatic N) is 1. The Hall–Kier alpha value is -0.840. The molecule has 1 N–H and O–H groups in total. The smallest absolute Gasteiger partial charge is 0.233 e. The van der Waals surface area contributed by atoms with Gasteiger partial charge in [0.05, 0.1) is 5.92 Å². The average Bonchev–Trinajstić information content (AvgIpc) is 2.49. The second-order valence-electron chi connectivity index (χ2n) is 5.92. The van der Waals surface area contributed by atoms with E-state index in [1.165, 1.54) is 6.42 Å². The second kappa shape index (κ2) is 6.73. The van der Waals surface area contributed by atoms with Gasteiger partial charge in [0.15, 0.2) is 5.11 Å². The van der Waals surface area contributed by atoms with Crippen molar-refractivity contribution in [1.29, 1.82) is 0 Å². The number of benzene rings is 1. The molecule has 2 atom stereocenters. The molecule has 2 aliphatic rings. The Morgan fingerprint density at radius 3 is 2.82 bits per heavy atom. The van der Waals surface area contributed by atoms with E-state index in [2.05, 4.69) is 5.32 Å². The zero-order valence-electron chi connectivity index (χ0n) is 12.1. The summed E-state index contributed by atoms with van der Waals surface area (Å²) in [5.41, 5.74) is 0.979. The molecule has 0 spiro atoms. The van der Waals surface area contributed by atoms with Gasteiger partial charge in [-0.15, -0.1) is 0 Å². The molecule has 118 valence electrons. The zero-order chi connectivity index (χ0) is 15.7. The molecule has 0 bridgehead atoms. The van der Waals surface area contributed by atoms with Gasteiger partial charge in [0, 0.05) is 22.6 Å². The Morgan fingerprint density at radius 2 is 2.05 bits per heavy atom. The van der Waals surface area contributed by atoms with Crippen molar-refractivity contribution in [2.45, 2.75) is 38.1 Å². The number of thiocarbonyl (C=S) groups is 1. The lowest BCUT2D eigenvalue weighted by molar-refractivity contribution is -0.134. The summed E-state index contributed by atoms with van der Waals surface area (Å²) in [6, 6.07) is 5.67. The number of fused-ring (bicyclic) bond motifs is 1. The maximum Gasteiger partial charge on any atom is 0.233 e. The molecule has 1 saturated carbocycles. The van der Waals surface area contributed by atoms with Gasteiger partial charge in [0.2, 0.25) is 5.91 Å². The van der Waals surface area contributed by atoms with Crippen LogP contribution >= 0.6 is 35.4 Å². The molecule has 1 aliphatic heterocycles. The van der Waals surface area contributed by atoms with Crippen molar-refractivity contribution >= 4 is 46.4 Å². The van der Waals surface area contributed by atoms with Crippen LogP contribution in [-0.4, -0.2) is 28.5 Å². The number of hydrogen-bond acceptors (Lipinski definition) is 2. The fourth-order valence-corrected chi connectivity index (χ4v) is 4.14. The third kappa shape index (κ3) is 3.24. The monoisotopic (exact) mass is 356 g/mol. The van der Waals surface area contributed by atoms with Crippen molar-refractivity contribution < 1.29 is 4.79 Å². The fraction of sp³-hybridized carbons (Fsp3) is 0.500. The van der Waals surface area contributed by atoms with Crippen LogP contribution in [-0.2, 0) is 11.2 Å². The van der Waals surface area contributed by atoms with Crippen LogP contribution in [0.1, 0.15) is 31.2 Å². The first kappa shape index (κ1) is 16.0. The molecule has 0 aromatic heterocycles. The first-order valence-electron chi connectivity index (χ1n) is 7.62. The van der Waals surface area contributed by atoms with Gasteiger partial charge in [-0.25, -0.2) is 0 Å². The molecular weight excluding hydrogens is 339 g/mol. The minimum absolute atomic E-state index is 0.0705. The molecule has 3 nitrogen and oxygen atoms in total. The summed E-state index contributed by atoms with van der Waals surface area (Å²) >= 11 is 17.5. The minimum Gasteiger partial charge on any atom is -0.359 e. The Labute approximate surface area is 146 Å². The third-order valence-corrected chi connectivity index (χ3v) is 5.45. The van der Waals surface area contributed by atoms with Crippen LogP contribution in [0.25, 0.3) is 0 Å². The molecule has 1 heterocycles. The highest BCUT2D eigenvalue weighted by Crippen LogP contribution is 2.29. The molecule has 0 radical (unpaired) electrons. The standard InChI is InChI=1S/C16H18Cl2N2OS/c17-11-6-5-10(13(18)9-11)7-8-20-15(21)12-3-1-2-4-14(12)19-16(20)22/h5-6,9,12,14H,1-4,7-8H2,(H,19,22). The van der Waals surface area contributed by atoms with Crippen molar-refractivity contribution in [3.05, 3.63) is 33.8 Å². The van der Waals surface area contributed by atoms with E-state index in [0.29, 0.717) is 28.1 Å². The highest BCUT2D eigenvalue weighted by molar-refractivity contribution is 7.80. The molecule has 1 aromatic rings. The van der Waals surface area contributed by atoms with Crippen molar-refractivity contribution in [3.8, 4) is 0 Å². The highest BCUT2D eigenvalue weighted by Gasteiger charge is 2.39. The van der Waals surface area contributed by atoms with E-state index in [9.17, 15) is 4.79 Å². The molecule has 2 fully saturated rings. The number of amides is 1. The molecule has 6 heteroatoms. The summed E-state index contributed by atoms with van der Waals surface area (Å²) in [4.78, 5) is 14.4. The summed E-state index contributed by atoms with van der Waals surface area (Å²) in [6.07, 6.45) is 4.95. The second-order valence-corrected chi connectivity index (χ2v) is 7.15. The zero-order valence-corrected chi connectivity index (χ0v) is 14.5. The Kier molecular flexibility index (Phi) is 4.91. The normalized spacial score (nSPS) is 24.9. The number of halogens is 2. The van der Waals surface area contributed by atoms with Gasteiger partial charge in [-0.3, -0.25) is 9.69 Å². The number of carbonyl (C=O) groups excluding carboxylic acids is 1. The van der Waals surface area contributed by atoms with Crippen LogP contribution in [0.3, 0.4) is 0 Å². The lowest BCUT2D eigenvalue weighted by atomic mass is 9.82. The van der Waals surface area contributed by atoms with Gasteiger partial charge < -0.3 is 5.32 Å². The van der Waals surface area contributed by atoms with Gasteiger partial charge in [-0.05, 0) is 49.2 Å². The van der Waals surface area contributed by atoms with E-state index in [-0.39, 0.29) is 17.9 Å². The van der Waals surface area contributed by atoms with Crippen molar-refractivity contribution in [2.75, 3.05) is 6.54 Å². The molecular formula is C16H18Cl2N2OS. The average molecular weight is 357 g/mol. The van der Waals surface area contributed by atoms with Crippen LogP contribution in [0.5, 0.6) is 0 Å². The van der Waals surface area contributed by atoms with Gasteiger partial charge in [0.1, 0.15) is 0 Å². The van der Waals surface area contributed by atoms with E-state index in [4.69, 9.17) is 35.4 Å². The number of hydrogen-bond donors (Lipinski definition) is 1. The fourth-order valence-electron chi connectivity index (χ4n) is 3.30. The van der Waals surface area contributed by atoms with E-state index in [1.807, 2.05) is 12.1 Å². The first-order chi connectivity index (χ1) is 10.6. The Morgan fingerprint density at radius 1 is 1.27 bits per heavy atom. The van der Waals surface area contributed by atoms with Crippen LogP contribution in [0.15, 0.2) is 18.2 Å². The third-order valence-electron chi connectivity index (χ3n) is 4.52. The summed E-state index contributed by atoms with van der Waals surface area (Å²) < 4.78 is 0. The van der Waals surface area contributed by atoms with E-state index < -0.39 is 0 Å². The molecule has 1 aliphatic carbocycles. The Balaban J connectivity index is 1.68. The lowest BCUT2D eigenvalue weighted by Crippen LogP contribution is -2.60. The van der Waals surface area contributed by atoms with Crippen LogP contribution in [0.4, 0.5) is 0 Å². The van der Waals surface area contributed by atoms with Crippen LogP contribution < -0.4 is 5.32 Å². The number of nitrogens with one attached hydrogen (secondary N) is 1. The highest BCUT2D eigenvalue weighted by atomic mass is 35.5. The maximum atomic E-state index is 12.7. The number of rotatable bonds is 3. The first-order valence-corrected chi connectivity index (χ1v) is 8.78. The largest absolute Gasteiger partial charge is 0.359 e. The lowest BCUT2D eigenvalue weighted by Gasteiger charge is -2.41. The summed E-state index contributed by atoms with van der Waals surface area (Å²) in [5.74, 6) is 0.236. The van der Waals surface area contributed by atoms with E-state index in [0.717, 1.165) is 24.8 Å². The molecule has 22 heavy (non-hydrogen) atoms. The van der Waals surface area contributed by atoms with Crippen LogP contribution in [0, 0.1) is 5.92 Å². The maximum absolute atomic E-state index is 12.7. The molecule has 1 amide bonds. The number of carbonyl (C=O) groups is 1. The van der Waals surface area contributed by atoms with Crippen molar-refractivity contribution in [3.63, 3.8) is 0 Å². The molecule has 2 unspecified atom stereocenters. The van der Waals surface area contributed by atoms with E-state index in [1.54, 1.807) is 11.0 Å². The predicted octanol–water partition coefficient (Wildman–Crippen LogP) is 3.81. The SMILES string of the molecule is O=C1C2CCCCC2NC(=S)N1CCc1ccc(Cl)cc1Cl. The van der Waals surface area contributed by atoms with Crippen LogP contribution in [0.2, 0.25) is 10.0 Å². The van der Waals surface area contributed by atoms with Gasteiger partial charge >= 0.3 is 0 Å². The van der Waals surface area contributed by atoms with Gasteiger partial charge in [-0.2, -0.15) is 0 Å². The summed E-state index contributed by atoms with van der Waals surface area (Å²) in [6.45, 7) is 0.551. The topological polar surface area (TPSA) is 32.3 Å². The molecule has 3 rings (SSSR count). The molecule has 1 saturated heterocycles. The van der Waals surface area contributed by atoms with Gasteiger partial charge in [0.25, 0.3) is 0 Å². The van der Waals surface area contributed by atoms with Crippen molar-refractivity contribution in [2.24, 2.45) is 5.92 Å².